The van der Waals surface area contributed by atoms with Crippen LogP contribution in [0.5, 0.6) is 11.5 Å². The van der Waals surface area contributed by atoms with Gasteiger partial charge in [-0.25, -0.2) is 9.07 Å². The number of nitrogens with one attached hydrogen (secondary N) is 1. The third kappa shape index (κ3) is 4.48. The van der Waals surface area contributed by atoms with Crippen molar-refractivity contribution in [3.8, 4) is 11.5 Å². The molecule has 0 fully saturated rings. The summed E-state index contributed by atoms with van der Waals surface area (Å²) in [4.78, 5) is 0. The van der Waals surface area contributed by atoms with E-state index in [9.17, 15) is 4.39 Å². The van der Waals surface area contributed by atoms with Gasteiger partial charge in [0.15, 0.2) is 11.5 Å². The molecule has 3 rings (SSSR count). The molecule has 0 radical (unpaired) electrons. The van der Waals surface area contributed by atoms with E-state index in [2.05, 4.69) is 43.4 Å². The maximum Gasteiger partial charge on any atom is 0.243 e. The Labute approximate surface area is 170 Å². The molecule has 0 aliphatic carbocycles. The summed E-state index contributed by atoms with van der Waals surface area (Å²) in [5.41, 5.74) is 1.25. The highest BCUT2D eigenvalue weighted by molar-refractivity contribution is 9.10. The standard InChI is InChI=1S/C19H19BrFN5O2/c1-3-10-26-19(23-24-25-26)22-11-14-15(20)8-9-17(27-2)18(14)28-12-13-6-4-5-7-16(13)21/h3-9H,1,10-12H2,2H3,(H,22,23,25). The second kappa shape index (κ2) is 9.32. The Balaban J connectivity index is 1.84. The fraction of sp³-hybridized carbons (Fsp3) is 0.211. The van der Waals surface area contributed by atoms with Gasteiger partial charge in [0.2, 0.25) is 5.95 Å². The Morgan fingerprint density at radius 2 is 2.11 bits per heavy atom. The maximum atomic E-state index is 13.9. The predicted octanol–water partition coefficient (Wildman–Crippen LogP) is 3.96. The lowest BCUT2D eigenvalue weighted by molar-refractivity contribution is 0.276. The van der Waals surface area contributed by atoms with E-state index in [0.717, 1.165) is 10.0 Å². The third-order valence-corrected chi connectivity index (χ3v) is 4.72. The summed E-state index contributed by atoms with van der Waals surface area (Å²) < 4.78 is 27.7. The monoisotopic (exact) mass is 447 g/mol. The highest BCUT2D eigenvalue weighted by atomic mass is 79.9. The van der Waals surface area contributed by atoms with Gasteiger partial charge in [0.25, 0.3) is 0 Å². The molecule has 0 aliphatic rings. The molecule has 0 saturated carbocycles. The average Bonchev–Trinajstić information content (AvgIpc) is 3.14. The molecular weight excluding hydrogens is 429 g/mol. The number of allylic oxidation sites excluding steroid dienone is 1. The molecule has 1 N–H and O–H groups in total. The van der Waals surface area contributed by atoms with E-state index in [0.29, 0.717) is 36.1 Å². The van der Waals surface area contributed by atoms with Crippen LogP contribution in [0.2, 0.25) is 0 Å². The number of hydrogen-bond donors (Lipinski definition) is 1. The first-order valence-electron chi connectivity index (χ1n) is 8.46. The number of halogens is 2. The van der Waals surface area contributed by atoms with Gasteiger partial charge in [-0.1, -0.05) is 45.3 Å². The zero-order valence-corrected chi connectivity index (χ0v) is 16.8. The zero-order valence-electron chi connectivity index (χ0n) is 15.2. The van der Waals surface area contributed by atoms with Crippen molar-refractivity contribution in [1.29, 1.82) is 0 Å². The first-order valence-corrected chi connectivity index (χ1v) is 9.25. The van der Waals surface area contributed by atoms with Crippen LogP contribution in [0.25, 0.3) is 0 Å². The second-order valence-corrected chi connectivity index (χ2v) is 6.62. The van der Waals surface area contributed by atoms with Crippen molar-refractivity contribution in [3.63, 3.8) is 0 Å². The zero-order chi connectivity index (χ0) is 19.9. The summed E-state index contributed by atoms with van der Waals surface area (Å²) in [5, 5.41) is 14.7. The van der Waals surface area contributed by atoms with Crippen molar-refractivity contribution in [1.82, 2.24) is 20.2 Å². The largest absolute Gasteiger partial charge is 0.493 e. The molecule has 146 valence electrons. The van der Waals surface area contributed by atoms with E-state index >= 15 is 0 Å². The second-order valence-electron chi connectivity index (χ2n) is 5.76. The number of anilines is 1. The molecule has 0 bridgehead atoms. The molecule has 0 saturated heterocycles. The summed E-state index contributed by atoms with van der Waals surface area (Å²) in [6.07, 6.45) is 1.70. The fourth-order valence-corrected chi connectivity index (χ4v) is 3.03. The van der Waals surface area contributed by atoms with E-state index in [4.69, 9.17) is 9.47 Å². The Morgan fingerprint density at radius 1 is 1.29 bits per heavy atom. The lowest BCUT2D eigenvalue weighted by Gasteiger charge is -2.17. The lowest BCUT2D eigenvalue weighted by Crippen LogP contribution is -2.10. The number of hydrogen-bond acceptors (Lipinski definition) is 6. The SMILES string of the molecule is C=CCn1nnnc1NCc1c(Br)ccc(OC)c1OCc1ccccc1F. The quantitative estimate of drug-likeness (QED) is 0.500. The van der Waals surface area contributed by atoms with E-state index in [1.165, 1.54) is 6.07 Å². The van der Waals surface area contributed by atoms with Crippen molar-refractivity contribution in [2.24, 2.45) is 0 Å². The molecule has 0 aliphatic heterocycles. The van der Waals surface area contributed by atoms with Gasteiger partial charge in [-0.05, 0) is 28.6 Å². The smallest absolute Gasteiger partial charge is 0.243 e. The van der Waals surface area contributed by atoms with Crippen LogP contribution in [-0.4, -0.2) is 27.3 Å². The molecule has 0 spiro atoms. The highest BCUT2D eigenvalue weighted by Gasteiger charge is 2.16. The third-order valence-electron chi connectivity index (χ3n) is 3.97. The molecule has 1 heterocycles. The Morgan fingerprint density at radius 3 is 2.86 bits per heavy atom. The van der Waals surface area contributed by atoms with Gasteiger partial charge < -0.3 is 14.8 Å². The van der Waals surface area contributed by atoms with Crippen LogP contribution in [0.1, 0.15) is 11.1 Å². The van der Waals surface area contributed by atoms with Gasteiger partial charge in [0.1, 0.15) is 12.4 Å². The van der Waals surface area contributed by atoms with Crippen LogP contribution in [0, 0.1) is 5.82 Å². The van der Waals surface area contributed by atoms with Gasteiger partial charge in [0.05, 0.1) is 13.7 Å². The van der Waals surface area contributed by atoms with Crippen molar-refractivity contribution in [2.45, 2.75) is 19.7 Å². The number of aromatic nitrogens is 4. The highest BCUT2D eigenvalue weighted by Crippen LogP contribution is 2.37. The minimum Gasteiger partial charge on any atom is -0.493 e. The number of tetrazole rings is 1. The predicted molar refractivity (Wildman–Crippen MR) is 107 cm³/mol. The van der Waals surface area contributed by atoms with Crippen molar-refractivity contribution in [3.05, 3.63) is 70.5 Å². The Hall–Kier alpha value is -2.94. The molecule has 1 aromatic heterocycles. The maximum absolute atomic E-state index is 13.9. The molecule has 0 amide bonds. The number of nitrogens with zero attached hydrogens (tertiary/aromatic N) is 4. The summed E-state index contributed by atoms with van der Waals surface area (Å²) in [5.74, 6) is 1.23. The van der Waals surface area contributed by atoms with Crippen molar-refractivity contribution < 1.29 is 13.9 Å². The summed E-state index contributed by atoms with van der Waals surface area (Å²) in [7, 11) is 1.56. The normalized spacial score (nSPS) is 10.5. The van der Waals surface area contributed by atoms with Crippen LogP contribution >= 0.6 is 15.9 Å². The van der Waals surface area contributed by atoms with Gasteiger partial charge in [-0.15, -0.1) is 6.58 Å². The Kier molecular flexibility index (Phi) is 6.59. The van der Waals surface area contributed by atoms with Crippen LogP contribution in [0.15, 0.2) is 53.5 Å². The van der Waals surface area contributed by atoms with E-state index < -0.39 is 0 Å². The number of benzene rings is 2. The van der Waals surface area contributed by atoms with Gasteiger partial charge in [-0.2, -0.15) is 0 Å². The number of methoxy groups -OCH3 is 1. The minimum absolute atomic E-state index is 0.0701. The molecule has 3 aromatic rings. The van der Waals surface area contributed by atoms with Crippen LogP contribution in [-0.2, 0) is 19.7 Å². The van der Waals surface area contributed by atoms with E-state index in [-0.39, 0.29) is 12.4 Å². The van der Waals surface area contributed by atoms with Gasteiger partial charge in [-0.3, -0.25) is 0 Å². The lowest BCUT2D eigenvalue weighted by atomic mass is 10.1. The number of rotatable bonds is 9. The molecule has 0 atom stereocenters. The molecule has 9 heteroatoms. The topological polar surface area (TPSA) is 74.1 Å². The van der Waals surface area contributed by atoms with Crippen LogP contribution in [0.4, 0.5) is 10.3 Å². The molecule has 2 aromatic carbocycles. The Bertz CT molecular complexity index is 963. The molecule has 28 heavy (non-hydrogen) atoms. The van der Waals surface area contributed by atoms with Crippen molar-refractivity contribution in [2.75, 3.05) is 12.4 Å². The minimum atomic E-state index is -0.320. The molecule has 0 unspecified atom stereocenters. The summed E-state index contributed by atoms with van der Waals surface area (Å²) in [6, 6.07) is 10.1. The first kappa shape index (κ1) is 19.8. The fourth-order valence-electron chi connectivity index (χ4n) is 2.58. The first-order chi connectivity index (χ1) is 13.6. The van der Waals surface area contributed by atoms with E-state index in [1.807, 2.05) is 6.07 Å². The van der Waals surface area contributed by atoms with Crippen molar-refractivity contribution >= 4 is 21.9 Å². The number of ether oxygens (including phenoxy) is 2. The summed E-state index contributed by atoms with van der Waals surface area (Å²) in [6.45, 7) is 4.60. The van der Waals surface area contributed by atoms with Gasteiger partial charge in [0, 0.05) is 22.1 Å². The molecular formula is C19H19BrFN5O2. The summed E-state index contributed by atoms with van der Waals surface area (Å²) >= 11 is 3.54. The van der Waals surface area contributed by atoms with Crippen LogP contribution in [0.3, 0.4) is 0 Å². The van der Waals surface area contributed by atoms with Crippen LogP contribution < -0.4 is 14.8 Å². The van der Waals surface area contributed by atoms with E-state index in [1.54, 1.807) is 42.1 Å². The van der Waals surface area contributed by atoms with Gasteiger partial charge >= 0.3 is 0 Å². The average molecular weight is 448 g/mol. The molecule has 7 nitrogen and oxygen atoms in total.